The minimum absolute atomic E-state index is 0.301. The third-order valence-corrected chi connectivity index (χ3v) is 4.64. The topological polar surface area (TPSA) is 24.5 Å². The Hall–Kier alpha value is -1.07. The Bertz CT molecular complexity index is 571. The van der Waals surface area contributed by atoms with E-state index < -0.39 is 0 Å². The molecule has 1 heterocycles. The van der Waals surface area contributed by atoms with Crippen molar-refractivity contribution in [3.63, 3.8) is 0 Å². The van der Waals surface area contributed by atoms with Gasteiger partial charge < -0.3 is 15.0 Å². The number of thiophene rings is 1. The summed E-state index contributed by atoms with van der Waals surface area (Å²) >= 11 is 7.63. The number of ether oxygens (including phenoxy) is 1. The van der Waals surface area contributed by atoms with E-state index in [9.17, 15) is 0 Å². The van der Waals surface area contributed by atoms with Gasteiger partial charge in [0.05, 0.1) is 12.1 Å². The molecular weight excluding hydrogens is 304 g/mol. The summed E-state index contributed by atoms with van der Waals surface area (Å²) in [6, 6.07) is 10.5. The van der Waals surface area contributed by atoms with Crippen LogP contribution in [-0.2, 0) is 6.54 Å². The van der Waals surface area contributed by atoms with Crippen molar-refractivity contribution >= 4 is 22.9 Å². The minimum Gasteiger partial charge on any atom is -0.497 e. The van der Waals surface area contributed by atoms with Crippen LogP contribution in [0.4, 0.5) is 0 Å². The third-order valence-electron chi connectivity index (χ3n) is 3.36. The molecule has 1 atom stereocenters. The van der Waals surface area contributed by atoms with Crippen LogP contribution in [0.1, 0.15) is 16.5 Å². The molecule has 0 aliphatic rings. The highest BCUT2D eigenvalue weighted by Crippen LogP contribution is 2.23. The maximum Gasteiger partial charge on any atom is 0.119 e. The molecule has 0 aliphatic carbocycles. The SMILES string of the molecule is COc1cccc(C(CNCc2cc(Cl)cs2)N(C)C)c1. The molecule has 114 valence electrons. The smallest absolute Gasteiger partial charge is 0.119 e. The molecule has 0 saturated heterocycles. The molecule has 5 heteroatoms. The number of nitrogens with one attached hydrogen (secondary N) is 1. The molecule has 2 aromatic rings. The lowest BCUT2D eigenvalue weighted by Gasteiger charge is -2.25. The molecule has 2 rings (SSSR count). The summed E-state index contributed by atoms with van der Waals surface area (Å²) in [6.07, 6.45) is 0. The van der Waals surface area contributed by atoms with Crippen molar-refractivity contribution in [3.05, 3.63) is 51.2 Å². The summed E-state index contributed by atoms with van der Waals surface area (Å²) in [5, 5.41) is 6.28. The van der Waals surface area contributed by atoms with Gasteiger partial charge in [-0.25, -0.2) is 0 Å². The van der Waals surface area contributed by atoms with Crippen LogP contribution in [0.3, 0.4) is 0 Å². The fraction of sp³-hybridized carbons (Fsp3) is 0.375. The molecule has 1 N–H and O–H groups in total. The Labute approximate surface area is 135 Å². The van der Waals surface area contributed by atoms with E-state index in [-0.39, 0.29) is 0 Å². The second kappa shape index (κ2) is 7.80. The molecule has 0 radical (unpaired) electrons. The Kier molecular flexibility index (Phi) is 6.06. The molecule has 0 spiro atoms. The summed E-state index contributed by atoms with van der Waals surface area (Å²) in [6.45, 7) is 1.71. The maximum absolute atomic E-state index is 5.94. The van der Waals surface area contributed by atoms with Crippen LogP contribution in [0.5, 0.6) is 5.75 Å². The number of nitrogens with zero attached hydrogens (tertiary/aromatic N) is 1. The fourth-order valence-corrected chi connectivity index (χ4v) is 3.27. The van der Waals surface area contributed by atoms with Gasteiger partial charge in [-0.2, -0.15) is 0 Å². The minimum atomic E-state index is 0.301. The van der Waals surface area contributed by atoms with Gasteiger partial charge in [0.1, 0.15) is 5.75 Å². The zero-order valence-corrected chi connectivity index (χ0v) is 14.2. The van der Waals surface area contributed by atoms with Crippen molar-refractivity contribution in [1.82, 2.24) is 10.2 Å². The van der Waals surface area contributed by atoms with Gasteiger partial charge in [0, 0.05) is 29.4 Å². The predicted molar refractivity (Wildman–Crippen MR) is 90.5 cm³/mol. The van der Waals surface area contributed by atoms with Crippen molar-refractivity contribution in [2.75, 3.05) is 27.7 Å². The first kappa shape index (κ1) is 16.3. The summed E-state index contributed by atoms with van der Waals surface area (Å²) in [7, 11) is 5.88. The van der Waals surface area contributed by atoms with E-state index in [1.807, 2.05) is 23.6 Å². The number of methoxy groups -OCH3 is 1. The van der Waals surface area contributed by atoms with Gasteiger partial charge in [-0.15, -0.1) is 11.3 Å². The van der Waals surface area contributed by atoms with Crippen LogP contribution >= 0.6 is 22.9 Å². The molecule has 0 amide bonds. The average Bonchev–Trinajstić information content (AvgIpc) is 2.89. The molecule has 0 saturated carbocycles. The molecule has 0 fully saturated rings. The third kappa shape index (κ3) is 4.71. The lowest BCUT2D eigenvalue weighted by molar-refractivity contribution is 0.287. The summed E-state index contributed by atoms with van der Waals surface area (Å²) in [4.78, 5) is 3.46. The fourth-order valence-electron chi connectivity index (χ4n) is 2.23. The van der Waals surface area contributed by atoms with Gasteiger partial charge in [0.15, 0.2) is 0 Å². The number of hydrogen-bond donors (Lipinski definition) is 1. The monoisotopic (exact) mass is 324 g/mol. The average molecular weight is 325 g/mol. The summed E-state index contributed by atoms with van der Waals surface area (Å²) < 4.78 is 5.31. The highest BCUT2D eigenvalue weighted by Gasteiger charge is 2.14. The maximum atomic E-state index is 5.94. The van der Waals surface area contributed by atoms with Gasteiger partial charge in [0.2, 0.25) is 0 Å². The van der Waals surface area contributed by atoms with Crippen molar-refractivity contribution in [2.24, 2.45) is 0 Å². The Morgan fingerprint density at radius 3 is 2.76 bits per heavy atom. The molecule has 1 aromatic heterocycles. The van der Waals surface area contributed by atoms with E-state index in [0.717, 1.165) is 23.9 Å². The van der Waals surface area contributed by atoms with Gasteiger partial charge in [-0.05, 0) is 37.9 Å². The second-order valence-corrected chi connectivity index (χ2v) is 6.55. The zero-order valence-electron chi connectivity index (χ0n) is 12.6. The molecule has 0 aliphatic heterocycles. The van der Waals surface area contributed by atoms with Crippen molar-refractivity contribution in [1.29, 1.82) is 0 Å². The Balaban J connectivity index is 1.98. The molecule has 1 aromatic carbocycles. The number of halogens is 1. The van der Waals surface area contributed by atoms with Gasteiger partial charge in [0.25, 0.3) is 0 Å². The first-order valence-electron chi connectivity index (χ1n) is 6.84. The van der Waals surface area contributed by atoms with Crippen LogP contribution < -0.4 is 10.1 Å². The van der Waals surface area contributed by atoms with Crippen molar-refractivity contribution in [3.8, 4) is 5.75 Å². The molecule has 3 nitrogen and oxygen atoms in total. The van der Waals surface area contributed by atoms with E-state index in [0.29, 0.717) is 6.04 Å². The van der Waals surface area contributed by atoms with Crippen LogP contribution in [0.25, 0.3) is 0 Å². The first-order chi connectivity index (χ1) is 10.1. The first-order valence-corrected chi connectivity index (χ1v) is 8.10. The number of hydrogen-bond acceptors (Lipinski definition) is 4. The van der Waals surface area contributed by atoms with Crippen molar-refractivity contribution in [2.45, 2.75) is 12.6 Å². The molecule has 21 heavy (non-hydrogen) atoms. The van der Waals surface area contributed by atoms with Crippen molar-refractivity contribution < 1.29 is 4.74 Å². The van der Waals surface area contributed by atoms with Gasteiger partial charge >= 0.3 is 0 Å². The van der Waals surface area contributed by atoms with E-state index >= 15 is 0 Å². The molecule has 0 bridgehead atoms. The highest BCUT2D eigenvalue weighted by molar-refractivity contribution is 7.10. The van der Waals surface area contributed by atoms with Crippen LogP contribution in [0.15, 0.2) is 35.7 Å². The molecular formula is C16H21ClN2OS. The molecule has 1 unspecified atom stereocenters. The lowest BCUT2D eigenvalue weighted by atomic mass is 10.1. The van der Waals surface area contributed by atoms with Crippen LogP contribution in [-0.4, -0.2) is 32.6 Å². The Morgan fingerprint density at radius 2 is 2.14 bits per heavy atom. The summed E-state index contributed by atoms with van der Waals surface area (Å²) in [5.41, 5.74) is 1.25. The van der Waals surface area contributed by atoms with Crippen LogP contribution in [0, 0.1) is 0 Å². The number of rotatable bonds is 7. The number of likely N-dealkylation sites (N-methyl/N-ethyl adjacent to an activating group) is 1. The van der Waals surface area contributed by atoms with Gasteiger partial charge in [-0.3, -0.25) is 0 Å². The largest absolute Gasteiger partial charge is 0.497 e. The van der Waals surface area contributed by atoms with Gasteiger partial charge in [-0.1, -0.05) is 23.7 Å². The highest BCUT2D eigenvalue weighted by atomic mass is 35.5. The number of benzene rings is 1. The van der Waals surface area contributed by atoms with E-state index in [2.05, 4.69) is 36.4 Å². The standard InChI is InChI=1S/C16H21ClN2OS/c1-19(2)16(12-5-4-6-14(7-12)20-3)10-18-9-15-8-13(17)11-21-15/h4-8,11,16,18H,9-10H2,1-3H3. The van der Waals surface area contributed by atoms with Crippen LogP contribution in [0.2, 0.25) is 5.02 Å². The predicted octanol–water partition coefficient (Wildman–Crippen LogP) is 3.80. The van der Waals surface area contributed by atoms with E-state index in [4.69, 9.17) is 16.3 Å². The second-order valence-electron chi connectivity index (χ2n) is 5.12. The lowest BCUT2D eigenvalue weighted by Crippen LogP contribution is -2.30. The summed E-state index contributed by atoms with van der Waals surface area (Å²) in [5.74, 6) is 0.893. The normalized spacial score (nSPS) is 12.6. The zero-order chi connectivity index (χ0) is 15.2. The van der Waals surface area contributed by atoms with E-state index in [1.165, 1.54) is 10.4 Å². The Morgan fingerprint density at radius 1 is 1.33 bits per heavy atom. The quantitative estimate of drug-likeness (QED) is 0.838. The van der Waals surface area contributed by atoms with E-state index in [1.54, 1.807) is 18.4 Å².